The number of anilines is 1. The van der Waals surface area contributed by atoms with Crippen molar-refractivity contribution < 1.29 is 4.79 Å². The number of nitrogens with zero attached hydrogens (tertiary/aromatic N) is 3. The van der Waals surface area contributed by atoms with Gasteiger partial charge in [0.1, 0.15) is 12.1 Å². The molecule has 0 aliphatic carbocycles. The molecule has 80 valence electrons. The van der Waals surface area contributed by atoms with Gasteiger partial charge >= 0.3 is 0 Å². The highest BCUT2D eigenvalue weighted by Gasteiger charge is 2.19. The summed E-state index contributed by atoms with van der Waals surface area (Å²) in [4.78, 5) is 21.3. The van der Waals surface area contributed by atoms with Crippen LogP contribution >= 0.6 is 0 Å². The summed E-state index contributed by atoms with van der Waals surface area (Å²) in [5, 5.41) is 0. The van der Waals surface area contributed by atoms with Gasteiger partial charge in [0, 0.05) is 19.0 Å². The van der Waals surface area contributed by atoms with E-state index in [1.54, 1.807) is 12.4 Å². The topological polar surface area (TPSA) is 46.1 Å². The van der Waals surface area contributed by atoms with E-state index in [1.165, 1.54) is 0 Å². The second-order valence-corrected chi connectivity index (χ2v) is 3.98. The number of aryl methyl sites for hydroxylation is 1. The molecule has 0 spiro atoms. The maximum atomic E-state index is 10.6. The fraction of sp³-hybridized carbons (Fsp3) is 0.545. The minimum absolute atomic E-state index is 0.236. The molecule has 1 aromatic rings. The highest BCUT2D eigenvalue weighted by molar-refractivity contribution is 5.54. The summed E-state index contributed by atoms with van der Waals surface area (Å²) in [6.07, 6.45) is 6.51. The van der Waals surface area contributed by atoms with Crippen LogP contribution in [0.1, 0.15) is 18.5 Å². The van der Waals surface area contributed by atoms with E-state index in [9.17, 15) is 4.79 Å². The highest BCUT2D eigenvalue weighted by atomic mass is 16.1. The predicted molar refractivity (Wildman–Crippen MR) is 57.8 cm³/mol. The van der Waals surface area contributed by atoms with Gasteiger partial charge in [-0.05, 0) is 19.8 Å². The van der Waals surface area contributed by atoms with Gasteiger partial charge in [-0.15, -0.1) is 0 Å². The Labute approximate surface area is 89.3 Å². The third-order valence-corrected chi connectivity index (χ3v) is 2.82. The second kappa shape index (κ2) is 4.38. The molecule has 0 radical (unpaired) electrons. The third-order valence-electron chi connectivity index (χ3n) is 2.82. The molecule has 1 aliphatic rings. The summed E-state index contributed by atoms with van der Waals surface area (Å²) >= 11 is 0. The van der Waals surface area contributed by atoms with E-state index in [1.807, 2.05) is 6.92 Å². The second-order valence-electron chi connectivity index (χ2n) is 3.98. The zero-order valence-corrected chi connectivity index (χ0v) is 8.89. The first kappa shape index (κ1) is 10.1. The first-order valence-electron chi connectivity index (χ1n) is 5.28. The molecule has 1 fully saturated rings. The van der Waals surface area contributed by atoms with E-state index >= 15 is 0 Å². The SMILES string of the molecule is Cc1cnc(N2CCC(C=O)CC2)cn1. The fourth-order valence-electron chi connectivity index (χ4n) is 1.81. The molecule has 1 aliphatic heterocycles. The number of rotatable bonds is 2. The lowest BCUT2D eigenvalue weighted by Crippen LogP contribution is -2.34. The molecule has 0 atom stereocenters. The standard InChI is InChI=1S/C11H15N3O/c1-9-6-13-11(7-12-9)14-4-2-10(8-15)3-5-14/h6-8,10H,2-5H2,1H3. The van der Waals surface area contributed by atoms with Gasteiger partial charge in [-0.3, -0.25) is 4.98 Å². The van der Waals surface area contributed by atoms with Gasteiger partial charge in [0.05, 0.1) is 18.1 Å². The number of piperidine rings is 1. The zero-order chi connectivity index (χ0) is 10.7. The Bertz CT molecular complexity index is 328. The summed E-state index contributed by atoms with van der Waals surface area (Å²) in [6.45, 7) is 3.73. The first-order chi connectivity index (χ1) is 7.29. The molecule has 2 heterocycles. The van der Waals surface area contributed by atoms with Gasteiger partial charge in [-0.25, -0.2) is 4.98 Å². The van der Waals surface area contributed by atoms with Crippen molar-refractivity contribution in [3.8, 4) is 0 Å². The summed E-state index contributed by atoms with van der Waals surface area (Å²) in [6, 6.07) is 0. The largest absolute Gasteiger partial charge is 0.355 e. The van der Waals surface area contributed by atoms with E-state index in [4.69, 9.17) is 0 Å². The molecular formula is C11H15N3O. The Balaban J connectivity index is 2.01. The van der Waals surface area contributed by atoms with Crippen molar-refractivity contribution in [3.05, 3.63) is 18.1 Å². The summed E-state index contributed by atoms with van der Waals surface area (Å²) in [5.41, 5.74) is 0.932. The van der Waals surface area contributed by atoms with Crippen molar-refractivity contribution >= 4 is 12.1 Å². The summed E-state index contributed by atoms with van der Waals surface area (Å²) in [5.74, 6) is 1.16. The normalized spacial score (nSPS) is 17.8. The number of carbonyl (C=O) groups is 1. The lowest BCUT2D eigenvalue weighted by molar-refractivity contribution is -0.111. The molecule has 0 N–H and O–H groups in total. The Morgan fingerprint density at radius 3 is 2.60 bits per heavy atom. The van der Waals surface area contributed by atoms with Crippen LogP contribution in [0, 0.1) is 12.8 Å². The van der Waals surface area contributed by atoms with Crippen LogP contribution in [0.5, 0.6) is 0 Å². The van der Waals surface area contributed by atoms with Crippen molar-refractivity contribution in [1.29, 1.82) is 0 Å². The van der Waals surface area contributed by atoms with Crippen LogP contribution in [0.2, 0.25) is 0 Å². The number of hydrogen-bond acceptors (Lipinski definition) is 4. The van der Waals surface area contributed by atoms with Gasteiger partial charge in [-0.2, -0.15) is 0 Å². The Kier molecular flexibility index (Phi) is 2.94. The molecule has 1 saturated heterocycles. The van der Waals surface area contributed by atoms with Crippen LogP contribution in [-0.2, 0) is 4.79 Å². The van der Waals surface area contributed by atoms with Crippen LogP contribution in [0.25, 0.3) is 0 Å². The van der Waals surface area contributed by atoms with Crippen LogP contribution in [-0.4, -0.2) is 29.3 Å². The number of carbonyl (C=O) groups excluding carboxylic acids is 1. The lowest BCUT2D eigenvalue weighted by atomic mass is 9.99. The average molecular weight is 205 g/mol. The van der Waals surface area contributed by atoms with Gasteiger partial charge < -0.3 is 9.69 Å². The molecule has 0 amide bonds. The van der Waals surface area contributed by atoms with Gasteiger partial charge in [0.15, 0.2) is 0 Å². The maximum Gasteiger partial charge on any atom is 0.147 e. The van der Waals surface area contributed by atoms with E-state index < -0.39 is 0 Å². The van der Waals surface area contributed by atoms with Gasteiger partial charge in [0.2, 0.25) is 0 Å². The highest BCUT2D eigenvalue weighted by Crippen LogP contribution is 2.19. The summed E-state index contributed by atoms with van der Waals surface area (Å²) in [7, 11) is 0. The Morgan fingerprint density at radius 1 is 1.33 bits per heavy atom. The Morgan fingerprint density at radius 2 is 2.07 bits per heavy atom. The van der Waals surface area contributed by atoms with Gasteiger partial charge in [-0.1, -0.05) is 0 Å². The zero-order valence-electron chi connectivity index (χ0n) is 8.89. The van der Waals surface area contributed by atoms with E-state index in [0.29, 0.717) is 0 Å². The minimum Gasteiger partial charge on any atom is -0.355 e. The van der Waals surface area contributed by atoms with Gasteiger partial charge in [0.25, 0.3) is 0 Å². The third kappa shape index (κ3) is 2.32. The van der Waals surface area contributed by atoms with Crippen LogP contribution in [0.3, 0.4) is 0 Å². The molecule has 1 aromatic heterocycles. The molecule has 0 unspecified atom stereocenters. The maximum absolute atomic E-state index is 10.6. The van der Waals surface area contributed by atoms with Crippen molar-refractivity contribution in [2.45, 2.75) is 19.8 Å². The van der Waals surface area contributed by atoms with Crippen molar-refractivity contribution in [2.24, 2.45) is 5.92 Å². The van der Waals surface area contributed by atoms with E-state index in [2.05, 4.69) is 14.9 Å². The minimum atomic E-state index is 0.236. The first-order valence-corrected chi connectivity index (χ1v) is 5.28. The Hall–Kier alpha value is -1.45. The molecule has 4 heteroatoms. The molecule has 0 saturated carbocycles. The number of aldehydes is 1. The number of aromatic nitrogens is 2. The summed E-state index contributed by atoms with van der Waals surface area (Å²) < 4.78 is 0. The molecule has 15 heavy (non-hydrogen) atoms. The van der Waals surface area contributed by atoms with Crippen molar-refractivity contribution in [1.82, 2.24) is 9.97 Å². The number of hydrogen-bond donors (Lipinski definition) is 0. The molecule has 0 bridgehead atoms. The van der Waals surface area contributed by atoms with Crippen molar-refractivity contribution in [3.63, 3.8) is 0 Å². The smallest absolute Gasteiger partial charge is 0.147 e. The molecule has 2 rings (SSSR count). The molecular weight excluding hydrogens is 190 g/mol. The van der Waals surface area contributed by atoms with Crippen LogP contribution < -0.4 is 4.90 Å². The van der Waals surface area contributed by atoms with Crippen molar-refractivity contribution in [2.75, 3.05) is 18.0 Å². The van der Waals surface area contributed by atoms with E-state index in [0.717, 1.165) is 43.7 Å². The monoisotopic (exact) mass is 205 g/mol. The fourth-order valence-corrected chi connectivity index (χ4v) is 1.81. The lowest BCUT2D eigenvalue weighted by Gasteiger charge is -2.30. The predicted octanol–water partition coefficient (Wildman–Crippen LogP) is 1.20. The quantitative estimate of drug-likeness (QED) is 0.681. The van der Waals surface area contributed by atoms with E-state index in [-0.39, 0.29) is 5.92 Å². The molecule has 0 aromatic carbocycles. The van der Waals surface area contributed by atoms with Crippen LogP contribution in [0.4, 0.5) is 5.82 Å². The average Bonchev–Trinajstić information content (AvgIpc) is 2.30. The molecule has 4 nitrogen and oxygen atoms in total. The van der Waals surface area contributed by atoms with Crippen LogP contribution in [0.15, 0.2) is 12.4 Å².